The van der Waals surface area contributed by atoms with Crippen LogP contribution in [0.2, 0.25) is 0 Å². The van der Waals surface area contributed by atoms with E-state index in [0.717, 1.165) is 31.2 Å². The molecular weight excluding hydrogens is 409 g/mol. The van der Waals surface area contributed by atoms with Crippen LogP contribution in [0.5, 0.6) is 0 Å². The Morgan fingerprint density at radius 3 is 2.86 bits per heavy atom. The molecule has 3 heterocycles. The van der Waals surface area contributed by atoms with Crippen LogP contribution in [0, 0.1) is 5.82 Å². The number of hydrogen-bond acceptors (Lipinski definition) is 7. The number of nitrogens with zero attached hydrogens (tertiary/aromatic N) is 3. The van der Waals surface area contributed by atoms with Gasteiger partial charge in [0.25, 0.3) is 0 Å². The highest BCUT2D eigenvalue weighted by Gasteiger charge is 2.35. The third-order valence-corrected chi connectivity index (χ3v) is 7.05. The van der Waals surface area contributed by atoms with E-state index in [1.54, 1.807) is 12.3 Å². The Morgan fingerprint density at radius 1 is 1.31 bits per heavy atom. The van der Waals surface area contributed by atoms with Gasteiger partial charge < -0.3 is 14.5 Å². The van der Waals surface area contributed by atoms with Crippen LogP contribution in [0.25, 0.3) is 6.08 Å². The summed E-state index contributed by atoms with van der Waals surface area (Å²) in [5.41, 5.74) is 2.42. The Kier molecular flexibility index (Phi) is 5.38. The summed E-state index contributed by atoms with van der Waals surface area (Å²) in [4.78, 5) is 21.9. The van der Waals surface area contributed by atoms with E-state index in [2.05, 4.69) is 11.6 Å². The second kappa shape index (κ2) is 7.96. The van der Waals surface area contributed by atoms with E-state index in [-0.39, 0.29) is 18.3 Å². The van der Waals surface area contributed by atoms with Crippen molar-refractivity contribution in [3.8, 4) is 0 Å². The standard InChI is InChI=1S/C21H18FN3O2S2/c1-13-20(21-24(2)16-8-7-14(22)10-17(16)28-21)29-18(25(13)12-19(26)27-3)11-15-6-4-5-9-23-15/h4-11H,1,12H2,2-3H3/b18-11-,21-20+. The van der Waals surface area contributed by atoms with Crippen molar-refractivity contribution in [1.29, 1.82) is 0 Å². The van der Waals surface area contributed by atoms with Gasteiger partial charge in [0.05, 0.1) is 39.2 Å². The van der Waals surface area contributed by atoms with Gasteiger partial charge >= 0.3 is 5.97 Å². The molecule has 4 rings (SSSR count). The van der Waals surface area contributed by atoms with E-state index in [1.807, 2.05) is 41.1 Å². The van der Waals surface area contributed by atoms with Gasteiger partial charge in [0, 0.05) is 18.1 Å². The highest BCUT2D eigenvalue weighted by molar-refractivity contribution is 8.09. The number of anilines is 1. The summed E-state index contributed by atoms with van der Waals surface area (Å²) < 4.78 is 18.5. The fourth-order valence-corrected chi connectivity index (χ4v) is 5.54. The van der Waals surface area contributed by atoms with Gasteiger partial charge in [-0.2, -0.15) is 0 Å². The SMILES string of the molecule is C=C1/C(=C2\Sc3cc(F)ccc3N2C)S/C(=C\c2ccccn2)N1CC(=O)OC. The molecule has 0 aliphatic carbocycles. The van der Waals surface area contributed by atoms with Gasteiger partial charge in [0.15, 0.2) is 0 Å². The number of halogens is 1. The number of benzene rings is 1. The summed E-state index contributed by atoms with van der Waals surface area (Å²) in [5.74, 6) is -0.625. The Morgan fingerprint density at radius 2 is 2.14 bits per heavy atom. The van der Waals surface area contributed by atoms with Gasteiger partial charge in [-0.15, -0.1) is 0 Å². The molecule has 1 aromatic carbocycles. The Balaban J connectivity index is 1.74. The fraction of sp³-hybridized carbons (Fsp3) is 0.143. The highest BCUT2D eigenvalue weighted by atomic mass is 32.2. The number of methoxy groups -OCH3 is 1. The van der Waals surface area contributed by atoms with E-state index in [4.69, 9.17) is 4.74 Å². The Hall–Kier alpha value is -2.71. The number of hydrogen-bond donors (Lipinski definition) is 0. The van der Waals surface area contributed by atoms with Crippen molar-refractivity contribution in [2.24, 2.45) is 0 Å². The van der Waals surface area contributed by atoms with Crippen molar-refractivity contribution in [2.75, 3.05) is 25.6 Å². The summed E-state index contributed by atoms with van der Waals surface area (Å²) >= 11 is 3.01. The first-order chi connectivity index (χ1) is 14.0. The first-order valence-corrected chi connectivity index (χ1v) is 10.4. The minimum atomic E-state index is -0.359. The van der Waals surface area contributed by atoms with Gasteiger partial charge in [-0.3, -0.25) is 9.78 Å². The normalized spacial score (nSPS) is 19.8. The number of rotatable bonds is 3. The summed E-state index contributed by atoms with van der Waals surface area (Å²) in [6.07, 6.45) is 3.63. The molecule has 1 saturated heterocycles. The molecular formula is C21H18FN3O2S2. The predicted molar refractivity (Wildman–Crippen MR) is 115 cm³/mol. The number of ether oxygens (including phenoxy) is 1. The molecule has 0 bridgehead atoms. The van der Waals surface area contributed by atoms with E-state index in [9.17, 15) is 9.18 Å². The number of esters is 1. The van der Waals surface area contributed by atoms with Crippen molar-refractivity contribution in [1.82, 2.24) is 9.88 Å². The van der Waals surface area contributed by atoms with Gasteiger partial charge in [-0.05, 0) is 36.4 Å². The molecule has 1 fully saturated rings. The second-order valence-electron chi connectivity index (χ2n) is 6.36. The average molecular weight is 428 g/mol. The lowest BCUT2D eigenvalue weighted by Crippen LogP contribution is -2.25. The van der Waals surface area contributed by atoms with Crippen LogP contribution in [0.3, 0.4) is 0 Å². The molecule has 0 atom stereocenters. The van der Waals surface area contributed by atoms with Crippen molar-refractivity contribution >= 4 is 41.3 Å². The number of thioether (sulfide) groups is 2. The van der Waals surface area contributed by atoms with Gasteiger partial charge in [0.1, 0.15) is 12.4 Å². The van der Waals surface area contributed by atoms with Crippen LogP contribution in [0.1, 0.15) is 5.69 Å². The molecule has 1 aromatic heterocycles. The van der Waals surface area contributed by atoms with Gasteiger partial charge in [0.2, 0.25) is 0 Å². The fourth-order valence-electron chi connectivity index (χ4n) is 3.03. The van der Waals surface area contributed by atoms with Crippen molar-refractivity contribution in [3.63, 3.8) is 0 Å². The lowest BCUT2D eigenvalue weighted by atomic mass is 10.3. The zero-order valence-corrected chi connectivity index (χ0v) is 17.5. The molecule has 0 amide bonds. The summed E-state index contributed by atoms with van der Waals surface area (Å²) in [6.45, 7) is 4.27. The molecule has 2 aliphatic rings. The topological polar surface area (TPSA) is 45.7 Å². The third-order valence-electron chi connectivity index (χ3n) is 4.52. The lowest BCUT2D eigenvalue weighted by Gasteiger charge is -2.19. The maximum absolute atomic E-state index is 13.7. The van der Waals surface area contributed by atoms with E-state index in [0.29, 0.717) is 5.70 Å². The van der Waals surface area contributed by atoms with Crippen LogP contribution in [-0.2, 0) is 9.53 Å². The average Bonchev–Trinajstić information content (AvgIpc) is 3.19. The zero-order chi connectivity index (χ0) is 20.5. The van der Waals surface area contributed by atoms with Crippen LogP contribution >= 0.6 is 23.5 Å². The molecule has 0 spiro atoms. The molecule has 148 valence electrons. The molecule has 0 radical (unpaired) electrons. The zero-order valence-electron chi connectivity index (χ0n) is 15.9. The number of carbonyl (C=O) groups excluding carboxylic acids is 1. The number of carbonyl (C=O) groups is 1. The largest absolute Gasteiger partial charge is 0.468 e. The molecule has 0 saturated carbocycles. The lowest BCUT2D eigenvalue weighted by molar-refractivity contribution is -0.140. The number of fused-ring (bicyclic) bond motifs is 1. The molecule has 2 aromatic rings. The maximum atomic E-state index is 13.7. The summed E-state index contributed by atoms with van der Waals surface area (Å²) in [5, 5.41) is 1.78. The molecule has 5 nitrogen and oxygen atoms in total. The Labute approximate surface area is 176 Å². The van der Waals surface area contributed by atoms with Crippen LogP contribution in [0.4, 0.5) is 10.1 Å². The first kappa shape index (κ1) is 19.6. The van der Waals surface area contributed by atoms with Crippen molar-refractivity contribution in [2.45, 2.75) is 4.90 Å². The van der Waals surface area contributed by atoms with Gasteiger partial charge in [-0.25, -0.2) is 4.39 Å². The predicted octanol–water partition coefficient (Wildman–Crippen LogP) is 4.67. The summed E-state index contributed by atoms with van der Waals surface area (Å²) in [6, 6.07) is 10.4. The molecule has 0 N–H and O–H groups in total. The monoisotopic (exact) mass is 427 g/mol. The van der Waals surface area contributed by atoms with Crippen molar-refractivity contribution in [3.05, 3.63) is 81.3 Å². The highest BCUT2D eigenvalue weighted by Crippen LogP contribution is 2.54. The van der Waals surface area contributed by atoms with E-state index < -0.39 is 0 Å². The van der Waals surface area contributed by atoms with Gasteiger partial charge in [-0.1, -0.05) is 36.2 Å². The quantitative estimate of drug-likeness (QED) is 0.660. The smallest absolute Gasteiger partial charge is 0.325 e. The Bertz CT molecular complexity index is 1050. The van der Waals surface area contributed by atoms with E-state index >= 15 is 0 Å². The maximum Gasteiger partial charge on any atom is 0.325 e. The third kappa shape index (κ3) is 3.77. The van der Waals surface area contributed by atoms with Crippen LogP contribution in [0.15, 0.2) is 74.7 Å². The van der Waals surface area contributed by atoms with E-state index in [1.165, 1.54) is 42.8 Å². The van der Waals surface area contributed by atoms with Crippen LogP contribution in [-0.4, -0.2) is 36.6 Å². The number of pyridine rings is 1. The van der Waals surface area contributed by atoms with Crippen molar-refractivity contribution < 1.29 is 13.9 Å². The summed E-state index contributed by atoms with van der Waals surface area (Å²) in [7, 11) is 3.31. The second-order valence-corrected chi connectivity index (χ2v) is 8.42. The molecule has 29 heavy (non-hydrogen) atoms. The molecule has 0 unspecified atom stereocenters. The first-order valence-electron chi connectivity index (χ1n) is 8.77. The minimum Gasteiger partial charge on any atom is -0.468 e. The molecule has 2 aliphatic heterocycles. The minimum absolute atomic E-state index is 0.0493. The molecule has 8 heteroatoms. The number of aromatic nitrogens is 1. The van der Waals surface area contributed by atoms with Crippen LogP contribution < -0.4 is 4.90 Å².